The summed E-state index contributed by atoms with van der Waals surface area (Å²) >= 11 is 7.99. The van der Waals surface area contributed by atoms with E-state index >= 15 is 0 Å². The van der Waals surface area contributed by atoms with Crippen molar-refractivity contribution in [1.29, 1.82) is 0 Å². The summed E-state index contributed by atoms with van der Waals surface area (Å²) in [4.78, 5) is 12.1. The number of nitrogens with one attached hydrogen (secondary N) is 1. The van der Waals surface area contributed by atoms with Gasteiger partial charge >= 0.3 is 0 Å². The summed E-state index contributed by atoms with van der Waals surface area (Å²) in [5.41, 5.74) is 0.0418. The van der Waals surface area contributed by atoms with Crippen LogP contribution in [0.4, 0.5) is 0 Å². The maximum Gasteiger partial charge on any atom is 0.255 e. The Labute approximate surface area is 119 Å². The summed E-state index contributed by atoms with van der Waals surface area (Å²) in [5, 5.41) is 12.6. The van der Waals surface area contributed by atoms with E-state index < -0.39 is 0 Å². The Morgan fingerprint density at radius 3 is 2.76 bits per heavy atom. The van der Waals surface area contributed by atoms with Crippen LogP contribution in [0.5, 0.6) is 5.75 Å². The molecule has 1 saturated carbocycles. The molecule has 0 aromatic heterocycles. The average Bonchev–Trinajstić information content (AvgIpc) is 2.26. The van der Waals surface area contributed by atoms with Gasteiger partial charge in [0.05, 0.1) is 11.1 Å². The average molecular weight is 366 g/mol. The molecule has 0 unspecified atom stereocenters. The van der Waals surface area contributed by atoms with E-state index in [0.29, 0.717) is 11.4 Å². The van der Waals surface area contributed by atoms with Crippen molar-refractivity contribution in [3.05, 3.63) is 27.3 Å². The van der Waals surface area contributed by atoms with Crippen molar-refractivity contribution < 1.29 is 9.90 Å². The first kappa shape index (κ1) is 13.0. The molecule has 0 heterocycles. The zero-order valence-electron chi connectivity index (χ0n) is 9.17. The molecule has 1 fully saturated rings. The molecule has 92 valence electrons. The highest BCUT2D eigenvalue weighted by Crippen LogP contribution is 2.33. The second kappa shape index (κ2) is 5.02. The minimum absolute atomic E-state index is 0.00645. The van der Waals surface area contributed by atoms with Crippen LogP contribution < -0.4 is 5.32 Å². The second-order valence-electron chi connectivity index (χ2n) is 4.38. The van der Waals surface area contributed by atoms with E-state index in [1.54, 1.807) is 12.1 Å². The van der Waals surface area contributed by atoms with Gasteiger partial charge in [-0.3, -0.25) is 4.79 Å². The predicted molar refractivity (Wildman–Crippen MR) is 75.6 cm³/mol. The summed E-state index contributed by atoms with van der Waals surface area (Å²) in [5.74, 6) is 0.178. The van der Waals surface area contributed by atoms with Gasteiger partial charge in [-0.15, -0.1) is 11.6 Å². The molecule has 0 radical (unpaired) electrons. The van der Waals surface area contributed by atoms with Crippen LogP contribution in [0.2, 0.25) is 0 Å². The highest BCUT2D eigenvalue weighted by atomic mass is 127. The lowest BCUT2D eigenvalue weighted by Gasteiger charge is -2.41. The Morgan fingerprint density at radius 2 is 2.24 bits per heavy atom. The standard InChI is InChI=1S/C12H13ClINO2/c13-7-12(4-1-5-12)15-11(17)9-6-8(14)2-3-10(9)16/h2-3,6,16H,1,4-5,7H2,(H,15,17). The number of halogens is 2. The summed E-state index contributed by atoms with van der Waals surface area (Å²) in [6.07, 6.45) is 2.91. The van der Waals surface area contributed by atoms with Gasteiger partial charge in [0, 0.05) is 9.45 Å². The third-order valence-corrected chi connectivity index (χ3v) is 4.33. The number of carbonyl (C=O) groups excluding carboxylic acids is 1. The Hall–Kier alpha value is -0.490. The monoisotopic (exact) mass is 365 g/mol. The predicted octanol–water partition coefficient (Wildman–Crippen LogP) is 2.89. The maximum absolute atomic E-state index is 12.1. The molecule has 1 aliphatic rings. The number of carbonyl (C=O) groups is 1. The van der Waals surface area contributed by atoms with E-state index in [1.165, 1.54) is 6.07 Å². The minimum Gasteiger partial charge on any atom is -0.507 e. The lowest BCUT2D eigenvalue weighted by molar-refractivity contribution is 0.0851. The normalized spacial score (nSPS) is 17.3. The van der Waals surface area contributed by atoms with Gasteiger partial charge in [-0.25, -0.2) is 0 Å². The number of alkyl halides is 1. The molecule has 0 bridgehead atoms. The third kappa shape index (κ3) is 2.68. The quantitative estimate of drug-likeness (QED) is 0.639. The summed E-state index contributed by atoms with van der Waals surface area (Å²) in [6.45, 7) is 0. The molecule has 5 heteroatoms. The number of benzene rings is 1. The van der Waals surface area contributed by atoms with E-state index in [9.17, 15) is 9.90 Å². The summed E-state index contributed by atoms with van der Waals surface area (Å²) in [6, 6.07) is 4.96. The smallest absolute Gasteiger partial charge is 0.255 e. The molecule has 0 atom stereocenters. The van der Waals surface area contributed by atoms with Gasteiger partial charge in [-0.1, -0.05) is 0 Å². The molecular formula is C12H13ClINO2. The number of phenols is 1. The molecule has 2 N–H and O–H groups in total. The van der Waals surface area contributed by atoms with Crippen LogP contribution in [0, 0.1) is 3.57 Å². The van der Waals surface area contributed by atoms with Crippen LogP contribution in [-0.2, 0) is 0 Å². The van der Waals surface area contributed by atoms with Crippen molar-refractivity contribution in [2.45, 2.75) is 24.8 Å². The van der Waals surface area contributed by atoms with Crippen molar-refractivity contribution in [1.82, 2.24) is 5.32 Å². The minimum atomic E-state index is -0.271. The van der Waals surface area contributed by atoms with Crippen molar-refractivity contribution >= 4 is 40.1 Å². The van der Waals surface area contributed by atoms with Crippen LogP contribution in [0.1, 0.15) is 29.6 Å². The highest BCUT2D eigenvalue weighted by Gasteiger charge is 2.38. The van der Waals surface area contributed by atoms with E-state index in [4.69, 9.17) is 11.6 Å². The first-order chi connectivity index (χ1) is 8.06. The van der Waals surface area contributed by atoms with E-state index in [1.807, 2.05) is 0 Å². The molecule has 1 aliphatic carbocycles. The lowest BCUT2D eigenvalue weighted by Crippen LogP contribution is -2.55. The van der Waals surface area contributed by atoms with Crippen LogP contribution in [-0.4, -0.2) is 22.4 Å². The topological polar surface area (TPSA) is 49.3 Å². The van der Waals surface area contributed by atoms with Crippen LogP contribution >= 0.6 is 34.2 Å². The molecule has 1 aromatic rings. The summed E-state index contributed by atoms with van der Waals surface area (Å²) in [7, 11) is 0. The number of hydrogen-bond donors (Lipinski definition) is 2. The van der Waals surface area contributed by atoms with Crippen molar-refractivity contribution in [3.63, 3.8) is 0 Å². The Morgan fingerprint density at radius 1 is 1.53 bits per heavy atom. The Bertz CT molecular complexity index is 441. The SMILES string of the molecule is O=C(NC1(CCl)CCC1)c1cc(I)ccc1O. The zero-order chi connectivity index (χ0) is 12.5. The van der Waals surface area contributed by atoms with Crippen molar-refractivity contribution in [3.8, 4) is 5.75 Å². The van der Waals surface area contributed by atoms with Gasteiger partial charge in [-0.05, 0) is 60.1 Å². The van der Waals surface area contributed by atoms with Gasteiger partial charge in [0.15, 0.2) is 0 Å². The number of hydrogen-bond acceptors (Lipinski definition) is 2. The molecule has 0 spiro atoms. The fourth-order valence-corrected chi connectivity index (χ4v) is 2.72. The van der Waals surface area contributed by atoms with Crippen LogP contribution in [0.3, 0.4) is 0 Å². The molecule has 0 aliphatic heterocycles. The summed E-state index contributed by atoms with van der Waals surface area (Å²) < 4.78 is 0.916. The molecule has 1 aromatic carbocycles. The number of phenolic OH excluding ortho intramolecular Hbond substituents is 1. The molecule has 17 heavy (non-hydrogen) atoms. The van der Waals surface area contributed by atoms with Crippen molar-refractivity contribution in [2.75, 3.05) is 5.88 Å². The molecular weight excluding hydrogens is 352 g/mol. The number of amides is 1. The first-order valence-electron chi connectivity index (χ1n) is 5.43. The van der Waals surface area contributed by atoms with Gasteiger partial charge in [0.2, 0.25) is 0 Å². The van der Waals surface area contributed by atoms with E-state index in [2.05, 4.69) is 27.9 Å². The molecule has 1 amide bonds. The Kier molecular flexibility index (Phi) is 3.82. The molecule has 0 saturated heterocycles. The fraction of sp³-hybridized carbons (Fsp3) is 0.417. The van der Waals surface area contributed by atoms with Gasteiger partial charge < -0.3 is 10.4 Å². The van der Waals surface area contributed by atoms with E-state index in [-0.39, 0.29) is 17.2 Å². The lowest BCUT2D eigenvalue weighted by atomic mass is 9.78. The van der Waals surface area contributed by atoms with Crippen LogP contribution in [0.15, 0.2) is 18.2 Å². The van der Waals surface area contributed by atoms with Crippen LogP contribution in [0.25, 0.3) is 0 Å². The fourth-order valence-electron chi connectivity index (χ4n) is 1.89. The maximum atomic E-state index is 12.1. The van der Waals surface area contributed by atoms with Gasteiger partial charge in [0.1, 0.15) is 5.75 Å². The first-order valence-corrected chi connectivity index (χ1v) is 7.05. The van der Waals surface area contributed by atoms with Gasteiger partial charge in [-0.2, -0.15) is 0 Å². The van der Waals surface area contributed by atoms with Crippen molar-refractivity contribution in [2.24, 2.45) is 0 Å². The zero-order valence-corrected chi connectivity index (χ0v) is 12.1. The molecule has 2 rings (SSSR count). The molecule has 3 nitrogen and oxygen atoms in total. The van der Waals surface area contributed by atoms with Gasteiger partial charge in [0.25, 0.3) is 5.91 Å². The largest absolute Gasteiger partial charge is 0.507 e. The van der Waals surface area contributed by atoms with E-state index in [0.717, 1.165) is 22.8 Å². The Balaban J connectivity index is 2.17. The third-order valence-electron chi connectivity index (χ3n) is 3.15. The number of aromatic hydroxyl groups is 1. The number of rotatable bonds is 3. The highest BCUT2D eigenvalue weighted by molar-refractivity contribution is 14.1. The second-order valence-corrected chi connectivity index (χ2v) is 5.90.